The molecule has 1 aromatic carbocycles. The Bertz CT molecular complexity index is 645. The maximum absolute atomic E-state index is 11.8. The lowest BCUT2D eigenvalue weighted by Crippen LogP contribution is -2.25. The molecule has 0 spiro atoms. The van der Waals surface area contributed by atoms with Gasteiger partial charge >= 0.3 is 0 Å². The lowest BCUT2D eigenvalue weighted by Gasteiger charge is -2.08. The third-order valence-corrected chi connectivity index (χ3v) is 3.79. The highest BCUT2D eigenvalue weighted by atomic mass is 79.9. The standard InChI is InChI=1S/C15H17BrClN3O2/c1-2-3-7-18-15(21)13-6-8-20(19-13)10-22-14-5-4-11(17)9-12(14)16/h4-6,8-9H,2-3,7,10H2,1H3,(H,18,21). The minimum atomic E-state index is -0.167. The van der Waals surface area contributed by atoms with E-state index in [0.717, 1.165) is 17.3 Å². The van der Waals surface area contributed by atoms with Gasteiger partial charge < -0.3 is 10.1 Å². The van der Waals surface area contributed by atoms with Crippen molar-refractivity contribution in [2.24, 2.45) is 0 Å². The third kappa shape index (κ3) is 4.74. The maximum Gasteiger partial charge on any atom is 0.271 e. The van der Waals surface area contributed by atoms with Gasteiger partial charge in [0.05, 0.1) is 4.47 Å². The predicted octanol–water partition coefficient (Wildman–Crippen LogP) is 3.87. The molecule has 1 heterocycles. The SMILES string of the molecule is CCCCNC(=O)c1ccn(COc2ccc(Cl)cc2Br)n1. The first-order chi connectivity index (χ1) is 10.6. The monoisotopic (exact) mass is 385 g/mol. The molecule has 5 nitrogen and oxygen atoms in total. The van der Waals surface area contributed by atoms with Crippen LogP contribution in [0.5, 0.6) is 5.75 Å². The Morgan fingerprint density at radius 3 is 3.00 bits per heavy atom. The molecule has 7 heteroatoms. The molecule has 0 aliphatic heterocycles. The van der Waals surface area contributed by atoms with Gasteiger partial charge in [-0.2, -0.15) is 5.10 Å². The van der Waals surface area contributed by atoms with Crippen molar-refractivity contribution >= 4 is 33.4 Å². The van der Waals surface area contributed by atoms with Crippen LogP contribution in [0.15, 0.2) is 34.9 Å². The Morgan fingerprint density at radius 2 is 2.27 bits per heavy atom. The van der Waals surface area contributed by atoms with E-state index in [2.05, 4.69) is 33.3 Å². The largest absolute Gasteiger partial charge is 0.470 e. The van der Waals surface area contributed by atoms with E-state index in [1.54, 1.807) is 35.1 Å². The smallest absolute Gasteiger partial charge is 0.271 e. The van der Waals surface area contributed by atoms with Gasteiger partial charge in [-0.3, -0.25) is 4.79 Å². The summed E-state index contributed by atoms with van der Waals surface area (Å²) >= 11 is 9.26. The van der Waals surface area contributed by atoms with Crippen LogP contribution in [-0.4, -0.2) is 22.2 Å². The van der Waals surface area contributed by atoms with E-state index in [4.69, 9.17) is 16.3 Å². The van der Waals surface area contributed by atoms with E-state index >= 15 is 0 Å². The van der Waals surface area contributed by atoms with Crippen LogP contribution in [-0.2, 0) is 6.73 Å². The van der Waals surface area contributed by atoms with E-state index in [9.17, 15) is 4.79 Å². The fraction of sp³-hybridized carbons (Fsp3) is 0.333. The number of ether oxygens (including phenoxy) is 1. The van der Waals surface area contributed by atoms with E-state index in [1.807, 2.05) is 0 Å². The Balaban J connectivity index is 1.90. The molecule has 0 unspecified atom stereocenters. The Morgan fingerprint density at radius 1 is 1.45 bits per heavy atom. The predicted molar refractivity (Wildman–Crippen MR) is 89.2 cm³/mol. The second-order valence-electron chi connectivity index (χ2n) is 4.70. The Kier molecular flexibility index (Phi) is 6.27. The van der Waals surface area contributed by atoms with Gasteiger partial charge in [0.1, 0.15) is 11.4 Å². The number of benzene rings is 1. The third-order valence-electron chi connectivity index (χ3n) is 2.94. The van der Waals surface area contributed by atoms with Gasteiger partial charge in [0, 0.05) is 17.8 Å². The second kappa shape index (κ2) is 8.19. The first-order valence-electron chi connectivity index (χ1n) is 6.99. The average molecular weight is 387 g/mol. The van der Waals surface area contributed by atoms with Gasteiger partial charge in [-0.1, -0.05) is 24.9 Å². The number of halogens is 2. The maximum atomic E-state index is 11.8. The first-order valence-corrected chi connectivity index (χ1v) is 8.16. The molecule has 2 aromatic rings. The zero-order valence-corrected chi connectivity index (χ0v) is 14.5. The van der Waals surface area contributed by atoms with Gasteiger partial charge in [-0.25, -0.2) is 4.68 Å². The van der Waals surface area contributed by atoms with Crippen molar-refractivity contribution in [2.75, 3.05) is 6.54 Å². The summed E-state index contributed by atoms with van der Waals surface area (Å²) in [4.78, 5) is 11.8. The summed E-state index contributed by atoms with van der Waals surface area (Å²) in [6.07, 6.45) is 3.71. The molecular weight excluding hydrogens is 370 g/mol. The zero-order chi connectivity index (χ0) is 15.9. The fourth-order valence-electron chi connectivity index (χ4n) is 1.75. The van der Waals surface area contributed by atoms with Crippen molar-refractivity contribution < 1.29 is 9.53 Å². The number of nitrogens with zero attached hydrogens (tertiary/aromatic N) is 2. The molecule has 2 rings (SSSR count). The lowest BCUT2D eigenvalue weighted by molar-refractivity contribution is 0.0946. The molecule has 0 saturated heterocycles. The van der Waals surface area contributed by atoms with Gasteiger partial charge in [0.25, 0.3) is 5.91 Å². The van der Waals surface area contributed by atoms with E-state index < -0.39 is 0 Å². The summed E-state index contributed by atoms with van der Waals surface area (Å²) in [5, 5.41) is 7.64. The summed E-state index contributed by atoms with van der Waals surface area (Å²) in [7, 11) is 0. The molecule has 1 amide bonds. The molecular formula is C15H17BrClN3O2. The number of hydrogen-bond donors (Lipinski definition) is 1. The molecule has 0 fully saturated rings. The Labute approximate surface area is 142 Å². The topological polar surface area (TPSA) is 56.2 Å². The first kappa shape index (κ1) is 16.8. The number of carbonyl (C=O) groups excluding carboxylic acids is 1. The highest BCUT2D eigenvalue weighted by Gasteiger charge is 2.09. The van der Waals surface area contributed by atoms with Crippen molar-refractivity contribution in [3.8, 4) is 5.75 Å². The molecule has 0 atom stereocenters. The number of carbonyl (C=O) groups is 1. The Hall–Kier alpha value is -1.53. The fourth-order valence-corrected chi connectivity index (χ4v) is 2.55. The summed E-state index contributed by atoms with van der Waals surface area (Å²) in [5.41, 5.74) is 0.384. The molecule has 1 N–H and O–H groups in total. The molecule has 0 bridgehead atoms. The van der Waals surface area contributed by atoms with Gasteiger partial charge in [0.2, 0.25) is 0 Å². The quantitative estimate of drug-likeness (QED) is 0.735. The summed E-state index contributed by atoms with van der Waals surface area (Å²) in [6.45, 7) is 2.95. The van der Waals surface area contributed by atoms with Crippen LogP contribution in [0.3, 0.4) is 0 Å². The van der Waals surface area contributed by atoms with Crippen molar-refractivity contribution in [3.05, 3.63) is 45.7 Å². The number of amides is 1. The summed E-state index contributed by atoms with van der Waals surface area (Å²) in [5.74, 6) is 0.494. The number of nitrogens with one attached hydrogen (secondary N) is 1. The number of unbranched alkanes of at least 4 members (excludes halogenated alkanes) is 1. The molecule has 22 heavy (non-hydrogen) atoms. The van der Waals surface area contributed by atoms with Crippen LogP contribution >= 0.6 is 27.5 Å². The van der Waals surface area contributed by atoms with Crippen molar-refractivity contribution in [3.63, 3.8) is 0 Å². The molecule has 118 valence electrons. The number of rotatable bonds is 7. The van der Waals surface area contributed by atoms with Gasteiger partial charge in [0.15, 0.2) is 6.73 Å². The van der Waals surface area contributed by atoms with E-state index in [0.29, 0.717) is 23.0 Å². The summed E-state index contributed by atoms with van der Waals surface area (Å²) < 4.78 is 7.97. The molecule has 0 saturated carbocycles. The van der Waals surface area contributed by atoms with E-state index in [1.165, 1.54) is 0 Å². The van der Waals surface area contributed by atoms with Crippen molar-refractivity contribution in [2.45, 2.75) is 26.5 Å². The zero-order valence-electron chi connectivity index (χ0n) is 12.2. The molecule has 0 radical (unpaired) electrons. The average Bonchev–Trinajstić information content (AvgIpc) is 2.95. The van der Waals surface area contributed by atoms with Crippen molar-refractivity contribution in [1.29, 1.82) is 0 Å². The molecule has 0 aliphatic rings. The van der Waals surface area contributed by atoms with Crippen LogP contribution in [0.25, 0.3) is 0 Å². The van der Waals surface area contributed by atoms with Crippen LogP contribution in [0.1, 0.15) is 30.3 Å². The minimum Gasteiger partial charge on any atom is -0.470 e. The summed E-state index contributed by atoms with van der Waals surface area (Å²) in [6, 6.07) is 6.94. The number of hydrogen-bond acceptors (Lipinski definition) is 3. The lowest BCUT2D eigenvalue weighted by atomic mass is 10.3. The highest BCUT2D eigenvalue weighted by Crippen LogP contribution is 2.28. The van der Waals surface area contributed by atoms with Gasteiger partial charge in [-0.05, 0) is 46.6 Å². The van der Waals surface area contributed by atoms with E-state index in [-0.39, 0.29) is 12.6 Å². The van der Waals surface area contributed by atoms with Crippen LogP contribution in [0.4, 0.5) is 0 Å². The van der Waals surface area contributed by atoms with Crippen LogP contribution in [0, 0.1) is 0 Å². The second-order valence-corrected chi connectivity index (χ2v) is 5.99. The van der Waals surface area contributed by atoms with Crippen molar-refractivity contribution in [1.82, 2.24) is 15.1 Å². The number of aromatic nitrogens is 2. The molecule has 0 aliphatic carbocycles. The van der Waals surface area contributed by atoms with Crippen LogP contribution < -0.4 is 10.1 Å². The highest BCUT2D eigenvalue weighted by molar-refractivity contribution is 9.10. The minimum absolute atomic E-state index is 0.167. The normalized spacial score (nSPS) is 10.5. The molecule has 1 aromatic heterocycles. The van der Waals surface area contributed by atoms with Gasteiger partial charge in [-0.15, -0.1) is 0 Å². The van der Waals surface area contributed by atoms with Crippen LogP contribution in [0.2, 0.25) is 5.02 Å².